The SMILES string of the molecule is C[C@H](CC(=O)O)[C@H]1CC[C@H]2[C@@H]3[C@@H](O)C[C@@H]4C[C@H](O)CC[C@]4(C)[C@H]3CC[C@]12C. The Morgan fingerprint density at radius 2 is 1.67 bits per heavy atom. The first-order valence-electron chi connectivity index (χ1n) is 11.2. The second-order valence-corrected chi connectivity index (χ2v) is 11.0. The molecule has 27 heavy (non-hydrogen) atoms. The van der Waals surface area contributed by atoms with Crippen LogP contribution in [-0.2, 0) is 4.79 Å². The lowest BCUT2D eigenvalue weighted by Crippen LogP contribution is -2.58. The van der Waals surface area contributed by atoms with Crippen LogP contribution in [0.3, 0.4) is 0 Å². The number of aliphatic hydroxyl groups excluding tert-OH is 2. The van der Waals surface area contributed by atoms with Gasteiger partial charge in [-0.05, 0) is 97.7 Å². The van der Waals surface area contributed by atoms with Gasteiger partial charge in [-0.3, -0.25) is 4.79 Å². The van der Waals surface area contributed by atoms with E-state index >= 15 is 0 Å². The van der Waals surface area contributed by atoms with Gasteiger partial charge in [0.2, 0.25) is 0 Å². The number of rotatable bonds is 3. The molecule has 0 saturated heterocycles. The number of aliphatic carboxylic acids is 1. The first-order valence-corrected chi connectivity index (χ1v) is 11.2. The highest BCUT2D eigenvalue weighted by Gasteiger charge is 2.62. The third-order valence-corrected chi connectivity index (χ3v) is 9.91. The topological polar surface area (TPSA) is 77.8 Å². The molecule has 0 unspecified atom stereocenters. The van der Waals surface area contributed by atoms with Gasteiger partial charge in [-0.2, -0.15) is 0 Å². The number of aliphatic hydroxyl groups is 2. The van der Waals surface area contributed by atoms with Crippen LogP contribution in [0.4, 0.5) is 0 Å². The summed E-state index contributed by atoms with van der Waals surface area (Å²) in [6.45, 7) is 6.96. The highest BCUT2D eigenvalue weighted by Crippen LogP contribution is 2.68. The minimum atomic E-state index is -0.683. The third-order valence-electron chi connectivity index (χ3n) is 9.91. The molecule has 0 aromatic heterocycles. The molecule has 4 fully saturated rings. The molecule has 0 radical (unpaired) electrons. The highest BCUT2D eigenvalue weighted by molar-refractivity contribution is 5.67. The maximum atomic E-state index is 11.3. The lowest BCUT2D eigenvalue weighted by atomic mass is 9.43. The maximum absolute atomic E-state index is 11.3. The zero-order valence-corrected chi connectivity index (χ0v) is 17.2. The molecule has 0 amide bonds. The van der Waals surface area contributed by atoms with Crippen molar-refractivity contribution in [1.29, 1.82) is 0 Å². The summed E-state index contributed by atoms with van der Waals surface area (Å²) in [5.74, 6) is 1.89. The fourth-order valence-corrected chi connectivity index (χ4v) is 8.59. The molecule has 10 atom stereocenters. The molecule has 0 bridgehead atoms. The Morgan fingerprint density at radius 1 is 1.00 bits per heavy atom. The van der Waals surface area contributed by atoms with E-state index in [4.69, 9.17) is 0 Å². The van der Waals surface area contributed by atoms with Crippen LogP contribution in [0.25, 0.3) is 0 Å². The molecule has 0 aliphatic heterocycles. The van der Waals surface area contributed by atoms with E-state index in [1.807, 2.05) is 0 Å². The predicted octanol–water partition coefficient (Wildman–Crippen LogP) is 4.09. The fraction of sp³-hybridized carbons (Fsp3) is 0.957. The molecule has 0 spiro atoms. The van der Waals surface area contributed by atoms with E-state index in [-0.39, 0.29) is 35.4 Å². The van der Waals surface area contributed by atoms with Gasteiger partial charge in [0.1, 0.15) is 0 Å². The van der Waals surface area contributed by atoms with Crippen molar-refractivity contribution in [3.63, 3.8) is 0 Å². The van der Waals surface area contributed by atoms with Crippen LogP contribution in [-0.4, -0.2) is 33.5 Å². The van der Waals surface area contributed by atoms with E-state index in [9.17, 15) is 20.1 Å². The number of carbonyl (C=O) groups is 1. The van der Waals surface area contributed by atoms with Gasteiger partial charge in [-0.1, -0.05) is 20.8 Å². The number of carboxylic acids is 1. The molecule has 4 aliphatic rings. The minimum absolute atomic E-state index is 0.175. The molecule has 4 saturated carbocycles. The average Bonchev–Trinajstić information content (AvgIpc) is 2.93. The second-order valence-electron chi connectivity index (χ2n) is 11.0. The van der Waals surface area contributed by atoms with E-state index in [0.29, 0.717) is 29.6 Å². The summed E-state index contributed by atoms with van der Waals surface area (Å²) in [4.78, 5) is 11.3. The Bertz CT molecular complexity index is 591. The molecular weight excluding hydrogens is 340 g/mol. The van der Waals surface area contributed by atoms with Gasteiger partial charge in [0.25, 0.3) is 0 Å². The van der Waals surface area contributed by atoms with Crippen LogP contribution in [0.5, 0.6) is 0 Å². The zero-order chi connectivity index (χ0) is 19.6. The Morgan fingerprint density at radius 3 is 2.37 bits per heavy atom. The van der Waals surface area contributed by atoms with Gasteiger partial charge < -0.3 is 15.3 Å². The quantitative estimate of drug-likeness (QED) is 0.691. The Kier molecular flexibility index (Phi) is 4.91. The summed E-state index contributed by atoms with van der Waals surface area (Å²) in [7, 11) is 0. The molecule has 4 nitrogen and oxygen atoms in total. The maximum Gasteiger partial charge on any atom is 0.303 e. The summed E-state index contributed by atoms with van der Waals surface area (Å²) in [6.07, 6.45) is 8.12. The van der Waals surface area contributed by atoms with E-state index in [1.165, 1.54) is 6.42 Å². The number of fused-ring (bicyclic) bond motifs is 5. The number of hydrogen-bond donors (Lipinski definition) is 3. The summed E-state index contributed by atoms with van der Waals surface area (Å²) < 4.78 is 0. The lowest BCUT2D eigenvalue weighted by molar-refractivity contribution is -0.174. The van der Waals surface area contributed by atoms with E-state index in [0.717, 1.165) is 44.9 Å². The lowest BCUT2D eigenvalue weighted by Gasteiger charge is -2.62. The van der Waals surface area contributed by atoms with Gasteiger partial charge in [0.15, 0.2) is 0 Å². The van der Waals surface area contributed by atoms with Crippen molar-refractivity contribution in [2.75, 3.05) is 0 Å². The molecule has 4 heteroatoms. The summed E-state index contributed by atoms with van der Waals surface area (Å²) >= 11 is 0. The van der Waals surface area contributed by atoms with Crippen molar-refractivity contribution in [3.05, 3.63) is 0 Å². The van der Waals surface area contributed by atoms with Crippen LogP contribution < -0.4 is 0 Å². The fourth-order valence-electron chi connectivity index (χ4n) is 8.59. The summed E-state index contributed by atoms with van der Waals surface area (Å²) in [5, 5.41) is 30.7. The van der Waals surface area contributed by atoms with Crippen molar-refractivity contribution >= 4 is 5.97 Å². The number of hydrogen-bond acceptors (Lipinski definition) is 3. The smallest absolute Gasteiger partial charge is 0.303 e. The van der Waals surface area contributed by atoms with Crippen molar-refractivity contribution in [2.24, 2.45) is 46.3 Å². The largest absolute Gasteiger partial charge is 0.481 e. The third kappa shape index (κ3) is 2.97. The molecule has 154 valence electrons. The predicted molar refractivity (Wildman–Crippen MR) is 104 cm³/mol. The van der Waals surface area contributed by atoms with Crippen molar-refractivity contribution in [1.82, 2.24) is 0 Å². The minimum Gasteiger partial charge on any atom is -0.481 e. The van der Waals surface area contributed by atoms with Gasteiger partial charge in [0, 0.05) is 6.42 Å². The number of carboxylic acid groups (broad SMARTS) is 1. The monoisotopic (exact) mass is 378 g/mol. The van der Waals surface area contributed by atoms with Crippen LogP contribution in [0.2, 0.25) is 0 Å². The van der Waals surface area contributed by atoms with Crippen LogP contribution >= 0.6 is 0 Å². The summed E-state index contributed by atoms with van der Waals surface area (Å²) in [6, 6.07) is 0. The Labute approximate surface area is 163 Å². The zero-order valence-electron chi connectivity index (χ0n) is 17.2. The average molecular weight is 379 g/mol. The van der Waals surface area contributed by atoms with Gasteiger partial charge >= 0.3 is 5.97 Å². The van der Waals surface area contributed by atoms with Crippen LogP contribution in [0.1, 0.15) is 78.6 Å². The molecule has 4 rings (SSSR count). The molecular formula is C23H38O4. The van der Waals surface area contributed by atoms with Crippen LogP contribution in [0, 0.1) is 46.3 Å². The molecule has 0 heterocycles. The van der Waals surface area contributed by atoms with E-state index < -0.39 is 5.97 Å². The van der Waals surface area contributed by atoms with Crippen molar-refractivity contribution in [2.45, 2.75) is 90.8 Å². The van der Waals surface area contributed by atoms with E-state index in [1.54, 1.807) is 0 Å². The Hall–Kier alpha value is -0.610. The Balaban J connectivity index is 1.60. The van der Waals surface area contributed by atoms with Gasteiger partial charge in [0.05, 0.1) is 12.2 Å². The summed E-state index contributed by atoms with van der Waals surface area (Å²) in [5.41, 5.74) is 0.434. The molecule has 0 aromatic carbocycles. The molecule has 3 N–H and O–H groups in total. The first-order chi connectivity index (χ1) is 12.7. The van der Waals surface area contributed by atoms with Crippen molar-refractivity contribution in [3.8, 4) is 0 Å². The van der Waals surface area contributed by atoms with Crippen LogP contribution in [0.15, 0.2) is 0 Å². The van der Waals surface area contributed by atoms with Gasteiger partial charge in [-0.15, -0.1) is 0 Å². The molecule has 4 aliphatic carbocycles. The standard InChI is InChI=1S/C23H38O4/c1-13(10-20(26)27)16-4-5-17-21-18(7-9-23(16,17)3)22(2)8-6-15(24)11-14(22)12-19(21)25/h13-19,21,24-25H,4-12H2,1-3H3,(H,26,27)/t13-,14+,15-,16-,17+,18+,19+,21+,22+,23-/m1/s1. The normalized spacial score (nSPS) is 53.1. The van der Waals surface area contributed by atoms with Crippen molar-refractivity contribution < 1.29 is 20.1 Å². The molecule has 0 aromatic rings. The second kappa shape index (κ2) is 6.73. The first kappa shape index (κ1) is 19.7. The van der Waals surface area contributed by atoms with E-state index in [2.05, 4.69) is 20.8 Å². The highest BCUT2D eigenvalue weighted by atomic mass is 16.4. The van der Waals surface area contributed by atoms with Gasteiger partial charge in [-0.25, -0.2) is 0 Å².